The van der Waals surface area contributed by atoms with Crippen LogP contribution < -0.4 is 10.6 Å². The van der Waals surface area contributed by atoms with Crippen molar-refractivity contribution < 1.29 is 14.9 Å². The topological polar surface area (TPSA) is 66.0 Å². The van der Waals surface area contributed by atoms with Crippen molar-refractivity contribution >= 4 is 11.8 Å². The fourth-order valence-electron chi connectivity index (χ4n) is 7.97. The van der Waals surface area contributed by atoms with Gasteiger partial charge in [0, 0.05) is 36.8 Å². The van der Waals surface area contributed by atoms with Gasteiger partial charge in [-0.2, -0.15) is 7.05 Å². The SMILES string of the molecule is C=C1CC[C@@]2([NH2+][CH2-])[C@H]3[C@H](CC[C@@H]2C)[C@@H](C)C[C@@H](CC(C)(C)NC(=O)CN2CCC2=O)[C@H]13. The number of nitrogens with two attached hydrogens (primary N) is 1. The minimum Gasteiger partial charge on any atom is -0.473 e. The van der Waals surface area contributed by atoms with Crippen molar-refractivity contribution in [3.05, 3.63) is 19.2 Å². The van der Waals surface area contributed by atoms with Crippen LogP contribution in [0, 0.1) is 42.6 Å². The van der Waals surface area contributed by atoms with Crippen LogP contribution in [0.2, 0.25) is 0 Å². The van der Waals surface area contributed by atoms with Crippen molar-refractivity contribution in [2.24, 2.45) is 35.5 Å². The van der Waals surface area contributed by atoms with Crippen molar-refractivity contribution in [3.63, 3.8) is 0 Å². The number of likely N-dealkylation sites (tertiary alicyclic amines) is 1. The molecule has 4 fully saturated rings. The molecule has 5 heteroatoms. The van der Waals surface area contributed by atoms with Gasteiger partial charge in [-0.1, -0.05) is 26.0 Å². The van der Waals surface area contributed by atoms with E-state index in [1.807, 2.05) is 0 Å². The van der Waals surface area contributed by atoms with E-state index in [2.05, 4.69) is 52.0 Å². The number of carbonyl (C=O) groups excluding carboxylic acids is 2. The Kier molecular flexibility index (Phi) is 6.04. The van der Waals surface area contributed by atoms with E-state index in [4.69, 9.17) is 0 Å². The lowest BCUT2D eigenvalue weighted by atomic mass is 9.44. The number of allylic oxidation sites excluding steroid dienone is 1. The summed E-state index contributed by atoms with van der Waals surface area (Å²) >= 11 is 0. The molecular formula is C26H43N3O2. The highest BCUT2D eigenvalue weighted by atomic mass is 16.2. The van der Waals surface area contributed by atoms with Gasteiger partial charge in [0.2, 0.25) is 11.8 Å². The smallest absolute Gasteiger partial charge is 0.240 e. The first kappa shape index (κ1) is 22.8. The molecule has 0 aromatic carbocycles. The summed E-state index contributed by atoms with van der Waals surface area (Å²) in [5.41, 5.74) is 1.39. The van der Waals surface area contributed by atoms with Crippen LogP contribution in [0.3, 0.4) is 0 Å². The second-order valence-electron chi connectivity index (χ2n) is 11.8. The van der Waals surface area contributed by atoms with Crippen LogP contribution >= 0.6 is 0 Å². The molecule has 5 nitrogen and oxygen atoms in total. The van der Waals surface area contributed by atoms with Crippen molar-refractivity contribution in [2.75, 3.05) is 13.1 Å². The Morgan fingerprint density at radius 2 is 2.06 bits per heavy atom. The molecule has 0 spiro atoms. The summed E-state index contributed by atoms with van der Waals surface area (Å²) in [5, 5.41) is 5.57. The minimum absolute atomic E-state index is 0.0333. The van der Waals surface area contributed by atoms with Crippen molar-refractivity contribution in [1.82, 2.24) is 10.2 Å². The normalized spacial score (nSPS) is 40.2. The highest BCUT2D eigenvalue weighted by molar-refractivity contribution is 5.88. The molecule has 3 saturated carbocycles. The fourth-order valence-corrected chi connectivity index (χ4v) is 7.97. The lowest BCUT2D eigenvalue weighted by Gasteiger charge is -2.62. The summed E-state index contributed by atoms with van der Waals surface area (Å²) < 4.78 is 0. The Labute approximate surface area is 188 Å². The number of hydrogen-bond acceptors (Lipinski definition) is 2. The summed E-state index contributed by atoms with van der Waals surface area (Å²) in [6.45, 7) is 14.7. The van der Waals surface area contributed by atoms with E-state index in [-0.39, 0.29) is 29.4 Å². The zero-order valence-electron chi connectivity index (χ0n) is 20.1. The Morgan fingerprint density at radius 1 is 1.32 bits per heavy atom. The Hall–Kier alpha value is -1.36. The molecule has 0 unspecified atom stereocenters. The van der Waals surface area contributed by atoms with Gasteiger partial charge >= 0.3 is 0 Å². The number of quaternary nitrogens is 1. The van der Waals surface area contributed by atoms with Gasteiger partial charge in [0.25, 0.3) is 0 Å². The van der Waals surface area contributed by atoms with Crippen molar-refractivity contribution in [3.8, 4) is 0 Å². The molecule has 1 saturated heterocycles. The first-order valence-corrected chi connectivity index (χ1v) is 12.5. The average molecular weight is 430 g/mol. The van der Waals surface area contributed by atoms with Crippen LogP contribution in [0.1, 0.15) is 72.6 Å². The first-order valence-electron chi connectivity index (χ1n) is 12.5. The molecule has 4 rings (SSSR count). The van der Waals surface area contributed by atoms with E-state index in [9.17, 15) is 9.59 Å². The molecule has 3 aliphatic carbocycles. The Bertz CT molecular complexity index is 747. The summed E-state index contributed by atoms with van der Waals surface area (Å²) in [6, 6.07) is 0. The fraction of sp³-hybridized carbons (Fsp3) is 0.808. The van der Waals surface area contributed by atoms with Crippen LogP contribution in [-0.2, 0) is 9.59 Å². The molecular weight excluding hydrogens is 386 g/mol. The third-order valence-corrected chi connectivity index (χ3v) is 9.50. The van der Waals surface area contributed by atoms with Gasteiger partial charge in [0.1, 0.15) is 0 Å². The predicted octanol–water partition coefficient (Wildman–Crippen LogP) is 2.88. The van der Waals surface area contributed by atoms with Gasteiger partial charge in [0.05, 0.1) is 12.1 Å². The molecule has 4 aliphatic rings. The van der Waals surface area contributed by atoms with E-state index in [0.717, 1.165) is 18.8 Å². The van der Waals surface area contributed by atoms with Crippen LogP contribution in [0.25, 0.3) is 0 Å². The van der Waals surface area contributed by atoms with Gasteiger partial charge < -0.3 is 15.5 Å². The average Bonchev–Trinajstić information content (AvgIpc) is 2.70. The molecule has 174 valence electrons. The number of carbonyl (C=O) groups is 2. The van der Waals surface area contributed by atoms with Crippen LogP contribution in [0.4, 0.5) is 0 Å². The second-order valence-corrected chi connectivity index (χ2v) is 11.8. The van der Waals surface area contributed by atoms with Crippen LogP contribution in [0.15, 0.2) is 12.2 Å². The first-order chi connectivity index (χ1) is 14.6. The Balaban J connectivity index is 1.52. The summed E-state index contributed by atoms with van der Waals surface area (Å²) in [7, 11) is 4.35. The zero-order valence-corrected chi connectivity index (χ0v) is 20.1. The highest BCUT2D eigenvalue weighted by Crippen LogP contribution is 2.60. The molecule has 3 N–H and O–H groups in total. The van der Waals surface area contributed by atoms with Gasteiger partial charge in [-0.3, -0.25) is 9.59 Å². The minimum atomic E-state index is -0.295. The summed E-state index contributed by atoms with van der Waals surface area (Å²) in [6.07, 6.45) is 7.73. The number of nitrogens with zero attached hydrogens (tertiary/aromatic N) is 1. The maximum atomic E-state index is 12.6. The molecule has 1 aliphatic heterocycles. The monoisotopic (exact) mass is 429 g/mol. The zero-order chi connectivity index (χ0) is 22.6. The standard InChI is InChI=1S/C26H43N3O2/c1-16-9-11-26(27-6)18(3)7-8-20-17(2)13-19(23(16)24(20)26)14-25(4,5)28-21(30)15-29-12-10-22(29)31/h17-20,23-24H,1,6-15,27H2,2-5H3,(H,28,30)/t17-,18-,19-,20+,23-,24-,26-/m0/s1. The van der Waals surface area contributed by atoms with Gasteiger partial charge in [0.15, 0.2) is 0 Å². The highest BCUT2D eigenvalue weighted by Gasteiger charge is 2.60. The lowest BCUT2D eigenvalue weighted by Crippen LogP contribution is -2.97. The molecule has 0 aromatic heterocycles. The van der Waals surface area contributed by atoms with E-state index in [1.165, 1.54) is 31.3 Å². The van der Waals surface area contributed by atoms with Gasteiger partial charge in [-0.25, -0.2) is 0 Å². The van der Waals surface area contributed by atoms with Crippen LogP contribution in [-0.4, -0.2) is 40.9 Å². The maximum absolute atomic E-state index is 12.6. The number of hydrogen-bond donors (Lipinski definition) is 2. The molecule has 7 atom stereocenters. The van der Waals surface area contributed by atoms with E-state index < -0.39 is 0 Å². The molecule has 31 heavy (non-hydrogen) atoms. The predicted molar refractivity (Wildman–Crippen MR) is 123 cm³/mol. The van der Waals surface area contributed by atoms with E-state index >= 15 is 0 Å². The van der Waals surface area contributed by atoms with Crippen molar-refractivity contribution in [2.45, 2.75) is 83.7 Å². The third-order valence-electron chi connectivity index (χ3n) is 9.50. The molecule has 1 heterocycles. The molecule has 0 aromatic rings. The number of β-lactam (4-membered cyclic amide) rings is 1. The quantitative estimate of drug-likeness (QED) is 0.387. The largest absolute Gasteiger partial charge is 0.473 e. The third kappa shape index (κ3) is 3.96. The molecule has 0 radical (unpaired) electrons. The van der Waals surface area contributed by atoms with Crippen molar-refractivity contribution in [1.29, 1.82) is 0 Å². The second kappa shape index (κ2) is 8.20. The number of rotatable bonds is 6. The number of nitrogens with one attached hydrogen (secondary N) is 1. The molecule has 2 amide bonds. The van der Waals surface area contributed by atoms with Gasteiger partial charge in [-0.15, -0.1) is 0 Å². The number of amides is 2. The van der Waals surface area contributed by atoms with E-state index in [0.29, 0.717) is 42.6 Å². The Morgan fingerprint density at radius 3 is 2.68 bits per heavy atom. The maximum Gasteiger partial charge on any atom is 0.240 e. The van der Waals surface area contributed by atoms with E-state index in [1.54, 1.807) is 4.90 Å². The summed E-state index contributed by atoms with van der Waals surface area (Å²) in [5.74, 6) is 3.93. The lowest BCUT2D eigenvalue weighted by molar-refractivity contribution is -0.703. The van der Waals surface area contributed by atoms with Gasteiger partial charge in [-0.05, 0) is 69.6 Å². The summed E-state index contributed by atoms with van der Waals surface area (Å²) in [4.78, 5) is 25.9. The molecule has 0 bridgehead atoms. The van der Waals surface area contributed by atoms with Crippen LogP contribution in [0.5, 0.6) is 0 Å².